The number of benzene rings is 1. The lowest BCUT2D eigenvalue weighted by atomic mass is 10.1. The molecule has 0 spiro atoms. The zero-order chi connectivity index (χ0) is 23.3. The summed E-state index contributed by atoms with van der Waals surface area (Å²) in [5.74, 6) is -0.117. The number of amides is 3. The van der Waals surface area contributed by atoms with Crippen molar-refractivity contribution < 1.29 is 28.7 Å². The summed E-state index contributed by atoms with van der Waals surface area (Å²) in [5, 5.41) is 0. The summed E-state index contributed by atoms with van der Waals surface area (Å²) in [7, 11) is 0. The van der Waals surface area contributed by atoms with E-state index in [-0.39, 0.29) is 42.7 Å². The first-order chi connectivity index (χ1) is 15.3. The quantitative estimate of drug-likeness (QED) is 0.509. The zero-order valence-electron chi connectivity index (χ0n) is 18.9. The minimum atomic E-state index is -0.788. The molecule has 9 heteroatoms. The smallest absolute Gasteiger partial charge is 0.434 e. The van der Waals surface area contributed by atoms with Gasteiger partial charge >= 0.3 is 6.16 Å². The standard InChI is InChI=1S/C23H31N3O6/c1-4-31-23(30)32-19-8-6-17(7-9-19)21(28)24-10-5-11-25(13-12-24)22(29)18-14-20(27)26(15-18)16(2)3/h6-9,16,18H,4-5,10-15H2,1-3H3. The normalized spacial score (nSPS) is 19.2. The van der Waals surface area contributed by atoms with E-state index < -0.39 is 6.16 Å². The monoisotopic (exact) mass is 445 g/mol. The molecule has 1 unspecified atom stereocenters. The van der Waals surface area contributed by atoms with Gasteiger partial charge in [0, 0.05) is 50.7 Å². The van der Waals surface area contributed by atoms with E-state index in [9.17, 15) is 19.2 Å². The van der Waals surface area contributed by atoms with Crippen LogP contribution in [0.5, 0.6) is 5.75 Å². The van der Waals surface area contributed by atoms with Gasteiger partial charge < -0.3 is 24.2 Å². The molecule has 3 amide bonds. The van der Waals surface area contributed by atoms with E-state index in [2.05, 4.69) is 0 Å². The third-order valence-corrected chi connectivity index (χ3v) is 5.79. The van der Waals surface area contributed by atoms with E-state index in [4.69, 9.17) is 9.47 Å². The molecule has 0 saturated carbocycles. The second-order valence-electron chi connectivity index (χ2n) is 8.32. The zero-order valence-corrected chi connectivity index (χ0v) is 18.9. The van der Waals surface area contributed by atoms with E-state index in [1.165, 1.54) is 0 Å². The maximum Gasteiger partial charge on any atom is 0.513 e. The largest absolute Gasteiger partial charge is 0.513 e. The molecular formula is C23H31N3O6. The SMILES string of the molecule is CCOC(=O)Oc1ccc(C(=O)N2CCCN(C(=O)C3CC(=O)N(C(C)C)C3)CC2)cc1. The molecule has 0 N–H and O–H groups in total. The van der Waals surface area contributed by atoms with Crippen LogP contribution in [0, 0.1) is 5.92 Å². The highest BCUT2D eigenvalue weighted by atomic mass is 16.7. The number of nitrogens with zero attached hydrogens (tertiary/aromatic N) is 3. The van der Waals surface area contributed by atoms with Crippen molar-refractivity contribution >= 4 is 23.9 Å². The van der Waals surface area contributed by atoms with Crippen molar-refractivity contribution in [1.29, 1.82) is 0 Å². The lowest BCUT2D eigenvalue weighted by Gasteiger charge is -2.25. The Morgan fingerprint density at radius 3 is 2.31 bits per heavy atom. The number of carbonyl (C=O) groups is 4. The van der Waals surface area contributed by atoms with Crippen molar-refractivity contribution in [1.82, 2.24) is 14.7 Å². The average Bonchev–Trinajstić information content (AvgIpc) is 2.99. The van der Waals surface area contributed by atoms with Crippen LogP contribution >= 0.6 is 0 Å². The van der Waals surface area contributed by atoms with Gasteiger partial charge in [0.1, 0.15) is 5.75 Å². The summed E-state index contributed by atoms with van der Waals surface area (Å²) < 4.78 is 9.75. The third-order valence-electron chi connectivity index (χ3n) is 5.79. The predicted octanol–water partition coefficient (Wildman–Crippen LogP) is 2.15. The molecule has 9 nitrogen and oxygen atoms in total. The number of hydrogen-bond donors (Lipinski definition) is 0. The molecule has 3 rings (SSSR count). The minimum Gasteiger partial charge on any atom is -0.434 e. The van der Waals surface area contributed by atoms with Gasteiger partial charge in [0.2, 0.25) is 11.8 Å². The van der Waals surface area contributed by atoms with Crippen molar-refractivity contribution in [3.8, 4) is 5.75 Å². The van der Waals surface area contributed by atoms with Gasteiger partial charge in [-0.1, -0.05) is 0 Å². The maximum absolute atomic E-state index is 13.0. The van der Waals surface area contributed by atoms with Crippen molar-refractivity contribution in [2.75, 3.05) is 39.3 Å². The molecule has 1 aromatic rings. The summed E-state index contributed by atoms with van der Waals surface area (Å²) in [6, 6.07) is 6.40. The highest BCUT2D eigenvalue weighted by molar-refractivity contribution is 5.94. The fraction of sp³-hybridized carbons (Fsp3) is 0.565. The fourth-order valence-electron chi connectivity index (χ4n) is 4.09. The summed E-state index contributed by atoms with van der Waals surface area (Å²) in [6.07, 6.45) is 0.149. The fourth-order valence-corrected chi connectivity index (χ4v) is 4.09. The van der Waals surface area contributed by atoms with Crippen LogP contribution in [0.2, 0.25) is 0 Å². The van der Waals surface area contributed by atoms with Gasteiger partial charge in [-0.15, -0.1) is 0 Å². The molecule has 0 aromatic heterocycles. The molecular weight excluding hydrogens is 414 g/mol. The Kier molecular flexibility index (Phi) is 7.71. The second-order valence-corrected chi connectivity index (χ2v) is 8.32. The van der Waals surface area contributed by atoms with E-state index in [0.717, 1.165) is 0 Å². The molecule has 174 valence electrons. The summed E-state index contributed by atoms with van der Waals surface area (Å²) in [6.45, 7) is 8.28. The van der Waals surface area contributed by atoms with Crippen LogP contribution in [0.4, 0.5) is 4.79 Å². The van der Waals surface area contributed by atoms with Gasteiger partial charge in [0.05, 0.1) is 12.5 Å². The van der Waals surface area contributed by atoms with Crippen LogP contribution < -0.4 is 4.74 Å². The maximum atomic E-state index is 13.0. The average molecular weight is 446 g/mol. The van der Waals surface area contributed by atoms with Gasteiger partial charge in [0.15, 0.2) is 0 Å². The van der Waals surface area contributed by atoms with E-state index >= 15 is 0 Å². The Labute approximate surface area is 188 Å². The Morgan fingerprint density at radius 1 is 1.03 bits per heavy atom. The molecule has 1 atom stereocenters. The highest BCUT2D eigenvalue weighted by Crippen LogP contribution is 2.23. The lowest BCUT2D eigenvalue weighted by Crippen LogP contribution is -2.41. The van der Waals surface area contributed by atoms with Gasteiger partial charge in [-0.25, -0.2) is 4.79 Å². The molecule has 2 aliphatic rings. The van der Waals surface area contributed by atoms with Crippen LogP contribution in [-0.2, 0) is 14.3 Å². The van der Waals surface area contributed by atoms with Gasteiger partial charge in [0.25, 0.3) is 5.91 Å². The van der Waals surface area contributed by atoms with Crippen LogP contribution in [-0.4, -0.2) is 83.9 Å². The van der Waals surface area contributed by atoms with Gasteiger partial charge in [-0.05, 0) is 51.5 Å². The third kappa shape index (κ3) is 5.57. The molecule has 2 saturated heterocycles. The van der Waals surface area contributed by atoms with E-state index in [0.29, 0.717) is 50.5 Å². The summed E-state index contributed by atoms with van der Waals surface area (Å²) in [4.78, 5) is 54.7. The molecule has 0 bridgehead atoms. The second kappa shape index (κ2) is 10.5. The van der Waals surface area contributed by atoms with E-state index in [1.54, 1.807) is 45.9 Å². The van der Waals surface area contributed by atoms with Crippen LogP contribution in [0.15, 0.2) is 24.3 Å². The number of rotatable bonds is 5. The van der Waals surface area contributed by atoms with Gasteiger partial charge in [-0.3, -0.25) is 14.4 Å². The Morgan fingerprint density at radius 2 is 1.69 bits per heavy atom. The summed E-state index contributed by atoms with van der Waals surface area (Å²) >= 11 is 0. The lowest BCUT2D eigenvalue weighted by molar-refractivity contribution is -0.135. The van der Waals surface area contributed by atoms with Crippen molar-refractivity contribution in [3.63, 3.8) is 0 Å². The first-order valence-electron chi connectivity index (χ1n) is 11.1. The van der Waals surface area contributed by atoms with Crippen LogP contribution in [0.3, 0.4) is 0 Å². The minimum absolute atomic E-state index is 0.00346. The molecule has 2 heterocycles. The molecule has 1 aromatic carbocycles. The first kappa shape index (κ1) is 23.6. The van der Waals surface area contributed by atoms with Crippen molar-refractivity contribution in [2.24, 2.45) is 5.92 Å². The predicted molar refractivity (Wildman–Crippen MR) is 116 cm³/mol. The summed E-state index contributed by atoms with van der Waals surface area (Å²) in [5.41, 5.74) is 0.481. The number of hydrogen-bond acceptors (Lipinski definition) is 6. The number of carbonyl (C=O) groups excluding carboxylic acids is 4. The highest BCUT2D eigenvalue weighted by Gasteiger charge is 2.38. The Balaban J connectivity index is 1.55. The first-order valence-corrected chi connectivity index (χ1v) is 11.1. The van der Waals surface area contributed by atoms with Crippen LogP contribution in [0.1, 0.15) is 44.0 Å². The topological polar surface area (TPSA) is 96.5 Å². The van der Waals surface area contributed by atoms with Gasteiger partial charge in [-0.2, -0.15) is 0 Å². The molecule has 0 aliphatic carbocycles. The Hall–Kier alpha value is -3.10. The molecule has 2 aliphatic heterocycles. The van der Waals surface area contributed by atoms with Crippen LogP contribution in [0.25, 0.3) is 0 Å². The van der Waals surface area contributed by atoms with Crippen molar-refractivity contribution in [3.05, 3.63) is 29.8 Å². The number of likely N-dealkylation sites (tertiary alicyclic amines) is 1. The molecule has 32 heavy (non-hydrogen) atoms. The number of ether oxygens (including phenoxy) is 2. The molecule has 2 fully saturated rings. The van der Waals surface area contributed by atoms with E-state index in [1.807, 2.05) is 13.8 Å². The van der Waals surface area contributed by atoms with Crippen molar-refractivity contribution in [2.45, 2.75) is 39.7 Å². The molecule has 0 radical (unpaired) electrons. The Bertz CT molecular complexity index is 854.